The molecular weight excluding hydrogens is 567 g/mol. The molecule has 34 heavy (non-hydrogen) atoms. The van der Waals surface area contributed by atoms with Crippen LogP contribution in [0, 0.1) is 5.92 Å². The predicted molar refractivity (Wildman–Crippen MR) is 160 cm³/mol. The summed E-state index contributed by atoms with van der Waals surface area (Å²) in [5.41, 5.74) is 0. The van der Waals surface area contributed by atoms with Crippen LogP contribution in [-0.4, -0.2) is 42.5 Å². The first-order valence-electron chi connectivity index (χ1n) is 12.2. The van der Waals surface area contributed by atoms with Gasteiger partial charge in [0.1, 0.15) is 6.79 Å². The van der Waals surface area contributed by atoms with E-state index in [0.717, 1.165) is 12.7 Å². The molecule has 0 fully saturated rings. The zero-order chi connectivity index (χ0) is 25.2. The molecule has 0 aliphatic rings. The van der Waals surface area contributed by atoms with E-state index in [4.69, 9.17) is 13.9 Å². The molecule has 0 spiro atoms. The molecule has 0 unspecified atom stereocenters. The summed E-state index contributed by atoms with van der Waals surface area (Å²) in [6, 6.07) is 22.8. The van der Waals surface area contributed by atoms with Crippen molar-refractivity contribution >= 4 is 49.4 Å². The van der Waals surface area contributed by atoms with Gasteiger partial charge in [-0.15, -0.1) is 0 Å². The summed E-state index contributed by atoms with van der Waals surface area (Å²) in [4.78, 5) is 0. The number of rotatable bonds is 13. The lowest BCUT2D eigenvalue weighted by Crippen LogP contribution is -2.67. The molecule has 0 aliphatic heterocycles. The second-order valence-electron chi connectivity index (χ2n) is 11.2. The monoisotopic (exact) mass is 610 g/mol. The molecule has 0 radical (unpaired) electrons. The first-order chi connectivity index (χ1) is 16.0. The van der Waals surface area contributed by atoms with Gasteiger partial charge >= 0.3 is 0 Å². The average Bonchev–Trinajstić information content (AvgIpc) is 2.78. The molecule has 6 heteroatoms. The highest BCUT2D eigenvalue weighted by Crippen LogP contribution is 2.37. The van der Waals surface area contributed by atoms with Crippen molar-refractivity contribution in [3.63, 3.8) is 0 Å². The van der Waals surface area contributed by atoms with Gasteiger partial charge in [0, 0.05) is 27.2 Å². The highest BCUT2D eigenvalue weighted by molar-refractivity contribution is 14.1. The molecule has 2 rings (SSSR count). The van der Waals surface area contributed by atoms with Gasteiger partial charge in [-0.3, -0.25) is 0 Å². The van der Waals surface area contributed by atoms with Gasteiger partial charge < -0.3 is 13.9 Å². The molecular formula is C28H43IO3Si2. The van der Waals surface area contributed by atoms with Crippen molar-refractivity contribution in [3.8, 4) is 0 Å². The van der Waals surface area contributed by atoms with E-state index in [2.05, 4.69) is 137 Å². The van der Waals surface area contributed by atoms with Crippen LogP contribution in [0.5, 0.6) is 0 Å². The van der Waals surface area contributed by atoms with Crippen molar-refractivity contribution in [2.45, 2.75) is 64.5 Å². The van der Waals surface area contributed by atoms with E-state index in [1.807, 2.05) is 4.08 Å². The predicted octanol–water partition coefficient (Wildman–Crippen LogP) is 6.85. The van der Waals surface area contributed by atoms with Crippen molar-refractivity contribution in [2.24, 2.45) is 5.92 Å². The van der Waals surface area contributed by atoms with Gasteiger partial charge in [0.25, 0.3) is 8.32 Å². The zero-order valence-electron chi connectivity index (χ0n) is 22.0. The van der Waals surface area contributed by atoms with Crippen molar-refractivity contribution in [3.05, 3.63) is 70.8 Å². The molecule has 0 aromatic heterocycles. The summed E-state index contributed by atoms with van der Waals surface area (Å²) in [5.74, 6) is 0.188. The van der Waals surface area contributed by atoms with Crippen LogP contribution >= 0.6 is 22.6 Å². The summed E-state index contributed by atoms with van der Waals surface area (Å²) in [5, 5.41) is 2.57. The molecule has 188 valence electrons. The Balaban J connectivity index is 2.21. The van der Waals surface area contributed by atoms with E-state index >= 15 is 0 Å². The second-order valence-corrected chi connectivity index (χ2v) is 21.9. The van der Waals surface area contributed by atoms with Gasteiger partial charge in [-0.2, -0.15) is 0 Å². The smallest absolute Gasteiger partial charge is 0.261 e. The Kier molecular flexibility index (Phi) is 11.7. The lowest BCUT2D eigenvalue weighted by Gasteiger charge is -2.43. The number of ether oxygens (including phenoxy) is 2. The van der Waals surface area contributed by atoms with Gasteiger partial charge in [0.2, 0.25) is 0 Å². The summed E-state index contributed by atoms with van der Waals surface area (Å²) in [7, 11) is -3.65. The molecule has 0 saturated heterocycles. The van der Waals surface area contributed by atoms with E-state index in [1.165, 1.54) is 10.4 Å². The van der Waals surface area contributed by atoms with Crippen LogP contribution in [-0.2, 0) is 13.9 Å². The maximum Gasteiger partial charge on any atom is 0.261 e. The van der Waals surface area contributed by atoms with Crippen molar-refractivity contribution < 1.29 is 13.9 Å². The Morgan fingerprint density at radius 3 is 1.88 bits per heavy atom. The van der Waals surface area contributed by atoms with Crippen molar-refractivity contribution in [2.75, 3.05) is 20.0 Å². The summed E-state index contributed by atoms with van der Waals surface area (Å²) < 4.78 is 21.1. The minimum Gasteiger partial charge on any atom is -0.407 e. The fraction of sp³-hybridized carbons (Fsp3) is 0.500. The summed E-state index contributed by atoms with van der Waals surface area (Å²) in [6.07, 6.45) is 2.06. The summed E-state index contributed by atoms with van der Waals surface area (Å²) in [6.45, 7) is 18.0. The highest BCUT2D eigenvalue weighted by atomic mass is 127. The standard InChI is InChI=1S/C28H43IO3Si2/c1-24(27(18-19-29)31-23-30-20-21-33(5,6)7)22-32-34(28(2,3)4,25-14-10-8-11-15-25)26-16-12-9-13-17-26/h8-19,24,27H,20-23H2,1-7H3/b19-18+/t24-,27+/m1/s1. The van der Waals surface area contributed by atoms with Gasteiger partial charge in [-0.1, -0.05) is 131 Å². The van der Waals surface area contributed by atoms with Crippen LogP contribution in [0.15, 0.2) is 70.8 Å². The molecule has 0 aliphatic carbocycles. The number of hydrogen-bond acceptors (Lipinski definition) is 3. The molecule has 0 saturated carbocycles. The van der Waals surface area contributed by atoms with Crippen LogP contribution in [0.25, 0.3) is 0 Å². The number of halogens is 1. The van der Waals surface area contributed by atoms with E-state index in [1.54, 1.807) is 0 Å². The Labute approximate surface area is 223 Å². The van der Waals surface area contributed by atoms with Crippen LogP contribution < -0.4 is 10.4 Å². The van der Waals surface area contributed by atoms with Gasteiger partial charge in [-0.05, 0) is 31.6 Å². The fourth-order valence-electron chi connectivity index (χ4n) is 4.16. The molecule has 0 heterocycles. The molecule has 2 aromatic rings. The molecule has 3 nitrogen and oxygen atoms in total. The Morgan fingerprint density at radius 1 is 0.912 bits per heavy atom. The summed E-state index contributed by atoms with van der Waals surface area (Å²) >= 11 is 2.26. The molecule has 0 bridgehead atoms. The van der Waals surface area contributed by atoms with Gasteiger partial charge in [0.05, 0.1) is 6.10 Å². The van der Waals surface area contributed by atoms with Crippen molar-refractivity contribution in [1.82, 2.24) is 0 Å². The number of hydrogen-bond donors (Lipinski definition) is 0. The quantitative estimate of drug-likeness (QED) is 0.108. The van der Waals surface area contributed by atoms with Crippen LogP contribution in [0.3, 0.4) is 0 Å². The normalized spacial score (nSPS) is 14.9. The molecule has 0 amide bonds. The fourth-order valence-corrected chi connectivity index (χ4v) is 9.99. The number of benzene rings is 2. The molecule has 2 aromatic carbocycles. The van der Waals surface area contributed by atoms with E-state index in [-0.39, 0.29) is 17.1 Å². The highest BCUT2D eigenvalue weighted by Gasteiger charge is 2.50. The minimum absolute atomic E-state index is 0.0369. The van der Waals surface area contributed by atoms with E-state index in [0.29, 0.717) is 13.4 Å². The van der Waals surface area contributed by atoms with Crippen LogP contribution in [0.2, 0.25) is 30.7 Å². The average molecular weight is 611 g/mol. The second kappa shape index (κ2) is 13.5. The third-order valence-corrected chi connectivity index (χ3v) is 13.3. The third-order valence-electron chi connectivity index (χ3n) is 6.14. The SMILES string of the molecule is C[C@H](CO[Si](c1ccccc1)(c1ccccc1)C(C)(C)C)[C@H](/C=C/I)OCOCC[Si](C)(C)C. The van der Waals surface area contributed by atoms with Gasteiger partial charge in [-0.25, -0.2) is 0 Å². The maximum atomic E-state index is 7.11. The van der Waals surface area contributed by atoms with Crippen molar-refractivity contribution in [1.29, 1.82) is 0 Å². The molecule has 2 atom stereocenters. The topological polar surface area (TPSA) is 27.7 Å². The minimum atomic E-state index is -2.55. The lowest BCUT2D eigenvalue weighted by atomic mass is 10.1. The Morgan fingerprint density at radius 2 is 1.44 bits per heavy atom. The largest absolute Gasteiger partial charge is 0.407 e. The van der Waals surface area contributed by atoms with E-state index in [9.17, 15) is 0 Å². The maximum absolute atomic E-state index is 7.11. The lowest BCUT2D eigenvalue weighted by molar-refractivity contribution is -0.0892. The van der Waals surface area contributed by atoms with E-state index < -0.39 is 16.4 Å². The molecule has 0 N–H and O–H groups in total. The zero-order valence-corrected chi connectivity index (χ0v) is 26.2. The first-order valence-corrected chi connectivity index (χ1v) is 19.1. The third kappa shape index (κ3) is 8.41. The Hall–Kier alpha value is -0.776. The van der Waals surface area contributed by atoms with Crippen LogP contribution in [0.1, 0.15) is 27.7 Å². The van der Waals surface area contributed by atoms with Crippen LogP contribution in [0.4, 0.5) is 0 Å². The first kappa shape index (κ1) is 29.5. The van der Waals surface area contributed by atoms with Gasteiger partial charge in [0.15, 0.2) is 0 Å². The Bertz CT molecular complexity index is 821.